The van der Waals surface area contributed by atoms with Crippen LogP contribution in [0.2, 0.25) is 0 Å². The van der Waals surface area contributed by atoms with E-state index in [2.05, 4.69) is 15.5 Å². The molecule has 3 atom stereocenters. The van der Waals surface area contributed by atoms with Gasteiger partial charge in [-0.1, -0.05) is 36.4 Å². The molecule has 2 aromatic carbocycles. The van der Waals surface area contributed by atoms with Crippen LogP contribution in [0.4, 0.5) is 0 Å². The van der Waals surface area contributed by atoms with Gasteiger partial charge in [0.15, 0.2) is 5.72 Å². The van der Waals surface area contributed by atoms with Gasteiger partial charge >= 0.3 is 0 Å². The van der Waals surface area contributed by atoms with Gasteiger partial charge in [0.1, 0.15) is 11.7 Å². The van der Waals surface area contributed by atoms with Crippen molar-refractivity contribution >= 4 is 5.91 Å². The maximum atomic E-state index is 12.9. The van der Waals surface area contributed by atoms with Gasteiger partial charge in [-0.3, -0.25) is 4.79 Å². The molecule has 6 nitrogen and oxygen atoms in total. The summed E-state index contributed by atoms with van der Waals surface area (Å²) in [5.74, 6) is 0.800. The van der Waals surface area contributed by atoms with E-state index in [1.54, 1.807) is 0 Å². The fourth-order valence-electron chi connectivity index (χ4n) is 3.93. The fraction of sp³-hybridized carbons (Fsp3) is 0.250. The number of rotatable bonds is 2. The summed E-state index contributed by atoms with van der Waals surface area (Å²) in [4.78, 5) is 12.9. The Balaban J connectivity index is 1.58. The molecule has 1 aromatic heterocycles. The summed E-state index contributed by atoms with van der Waals surface area (Å²) in [6.07, 6.45) is 0.656. The number of carbonyl (C=O) groups excluding carboxylic acids is 1. The minimum atomic E-state index is -0.713. The second-order valence-electron chi connectivity index (χ2n) is 6.96. The minimum Gasteiger partial charge on any atom is -0.468 e. The molecule has 0 aliphatic carbocycles. The average molecular weight is 347 g/mol. The number of hydrogen-bond donors (Lipinski definition) is 1. The van der Waals surface area contributed by atoms with Crippen molar-refractivity contribution < 1.29 is 13.9 Å². The number of hydrogen-bond acceptors (Lipinski definition) is 5. The van der Waals surface area contributed by atoms with Gasteiger partial charge in [0.25, 0.3) is 0 Å². The Bertz CT molecular complexity index is 985. The molecular weight excluding hydrogens is 330 g/mol. The zero-order chi connectivity index (χ0) is 17.7. The minimum absolute atomic E-state index is 0.0669. The van der Waals surface area contributed by atoms with Crippen LogP contribution in [0.25, 0.3) is 11.5 Å². The zero-order valence-corrected chi connectivity index (χ0v) is 14.2. The number of benzene rings is 2. The molecule has 1 amide bonds. The van der Waals surface area contributed by atoms with Gasteiger partial charge in [0.2, 0.25) is 17.7 Å². The van der Waals surface area contributed by atoms with Crippen molar-refractivity contribution in [1.29, 1.82) is 0 Å². The summed E-state index contributed by atoms with van der Waals surface area (Å²) in [6.45, 7) is 1.90. The van der Waals surface area contributed by atoms with E-state index in [4.69, 9.17) is 9.15 Å². The zero-order valence-electron chi connectivity index (χ0n) is 14.2. The van der Waals surface area contributed by atoms with E-state index < -0.39 is 11.6 Å². The smallest absolute Gasteiger partial charge is 0.247 e. The van der Waals surface area contributed by atoms with Gasteiger partial charge < -0.3 is 14.5 Å². The molecule has 130 valence electrons. The Hall–Kier alpha value is -3.15. The fourth-order valence-corrected chi connectivity index (χ4v) is 3.93. The number of amides is 1. The van der Waals surface area contributed by atoms with Crippen molar-refractivity contribution in [2.45, 2.75) is 30.9 Å². The van der Waals surface area contributed by atoms with Crippen molar-refractivity contribution in [1.82, 2.24) is 15.5 Å². The van der Waals surface area contributed by atoms with E-state index in [0.717, 1.165) is 16.9 Å². The Morgan fingerprint density at radius 1 is 1.08 bits per heavy atom. The van der Waals surface area contributed by atoms with Crippen LogP contribution in [-0.2, 0) is 4.79 Å². The van der Waals surface area contributed by atoms with Crippen LogP contribution in [0.15, 0.2) is 59.0 Å². The predicted molar refractivity (Wildman–Crippen MR) is 93.5 cm³/mol. The largest absolute Gasteiger partial charge is 0.468 e. The Labute approximate surface area is 150 Å². The van der Waals surface area contributed by atoms with Gasteiger partial charge in [-0.05, 0) is 30.7 Å². The molecule has 2 aliphatic rings. The third-order valence-electron chi connectivity index (χ3n) is 5.06. The topological polar surface area (TPSA) is 77.2 Å². The molecule has 6 heteroatoms. The maximum Gasteiger partial charge on any atom is 0.247 e. The second kappa shape index (κ2) is 5.42. The molecule has 1 N–H and O–H groups in total. The van der Waals surface area contributed by atoms with Crippen LogP contribution >= 0.6 is 0 Å². The van der Waals surface area contributed by atoms with E-state index >= 15 is 0 Å². The Morgan fingerprint density at radius 3 is 2.69 bits per heavy atom. The van der Waals surface area contributed by atoms with Gasteiger partial charge in [-0.15, -0.1) is 10.2 Å². The lowest BCUT2D eigenvalue weighted by Gasteiger charge is -2.46. The highest BCUT2D eigenvalue weighted by molar-refractivity contribution is 5.86. The lowest BCUT2D eigenvalue weighted by Crippen LogP contribution is -2.59. The van der Waals surface area contributed by atoms with Gasteiger partial charge in [0, 0.05) is 17.9 Å². The molecule has 2 bridgehead atoms. The van der Waals surface area contributed by atoms with Crippen molar-refractivity contribution in [2.24, 2.45) is 0 Å². The molecule has 2 aliphatic heterocycles. The highest BCUT2D eigenvalue weighted by Gasteiger charge is 2.51. The molecule has 3 heterocycles. The van der Waals surface area contributed by atoms with Crippen LogP contribution < -0.4 is 10.1 Å². The first-order valence-electron chi connectivity index (χ1n) is 8.62. The monoisotopic (exact) mass is 347 g/mol. The average Bonchev–Trinajstić information content (AvgIpc) is 3.11. The standard InChI is InChI=1S/C20H17N3O3/c1-20-11-14(13-9-5-6-10-15(13)26-20)16(17(24)21-20)19-23-22-18(25-19)12-7-3-2-4-8-12/h2-10,14,16H,11H2,1H3,(H,21,24)/t14-,16+,20-/m1/s1. The van der Waals surface area contributed by atoms with Crippen molar-refractivity contribution in [3.8, 4) is 17.2 Å². The van der Waals surface area contributed by atoms with Crippen LogP contribution in [0, 0.1) is 0 Å². The molecule has 1 fully saturated rings. The van der Waals surface area contributed by atoms with E-state index in [1.165, 1.54) is 0 Å². The number of ether oxygens (including phenoxy) is 1. The van der Waals surface area contributed by atoms with E-state index in [9.17, 15) is 4.79 Å². The summed E-state index contributed by atoms with van der Waals surface area (Å²) in [7, 11) is 0. The van der Waals surface area contributed by atoms with Gasteiger partial charge in [-0.2, -0.15) is 0 Å². The number of fused-ring (bicyclic) bond motifs is 4. The number of piperidine rings is 1. The summed E-state index contributed by atoms with van der Waals surface area (Å²) < 4.78 is 11.9. The van der Waals surface area contributed by atoms with E-state index in [1.807, 2.05) is 61.5 Å². The van der Waals surface area contributed by atoms with Crippen LogP contribution in [0.5, 0.6) is 5.75 Å². The van der Waals surface area contributed by atoms with Crippen molar-refractivity contribution in [2.75, 3.05) is 0 Å². The molecule has 5 rings (SSSR count). The number of nitrogens with one attached hydrogen (secondary N) is 1. The molecule has 1 saturated heterocycles. The number of aromatic nitrogens is 2. The Morgan fingerprint density at radius 2 is 1.85 bits per heavy atom. The highest BCUT2D eigenvalue weighted by atomic mass is 16.5. The summed E-state index contributed by atoms with van der Waals surface area (Å²) in [6, 6.07) is 17.4. The molecule has 0 saturated carbocycles. The van der Waals surface area contributed by atoms with Gasteiger partial charge in [0.05, 0.1) is 0 Å². The molecule has 0 spiro atoms. The third kappa shape index (κ3) is 2.29. The Kier molecular flexibility index (Phi) is 3.16. The first-order chi connectivity index (χ1) is 12.6. The third-order valence-corrected chi connectivity index (χ3v) is 5.06. The summed E-state index contributed by atoms with van der Waals surface area (Å²) >= 11 is 0. The van der Waals surface area contributed by atoms with Crippen LogP contribution in [-0.4, -0.2) is 21.8 Å². The molecule has 0 radical (unpaired) electrons. The first kappa shape index (κ1) is 15.1. The number of carbonyl (C=O) groups is 1. The SMILES string of the molecule is C[C@]12C[C@H](c3ccccc3O1)[C@H](c1nnc(-c3ccccc3)o1)C(=O)N2. The predicted octanol–water partition coefficient (Wildman–Crippen LogP) is 3.23. The van der Waals surface area contributed by atoms with Crippen molar-refractivity contribution in [3.05, 3.63) is 66.1 Å². The maximum absolute atomic E-state index is 12.9. The van der Waals surface area contributed by atoms with Crippen LogP contribution in [0.3, 0.4) is 0 Å². The summed E-state index contributed by atoms with van der Waals surface area (Å²) in [5, 5.41) is 11.3. The molecule has 0 unspecified atom stereocenters. The second-order valence-corrected chi connectivity index (χ2v) is 6.96. The molecule has 26 heavy (non-hydrogen) atoms. The first-order valence-corrected chi connectivity index (χ1v) is 8.62. The lowest BCUT2D eigenvalue weighted by atomic mass is 9.75. The van der Waals surface area contributed by atoms with E-state index in [0.29, 0.717) is 18.2 Å². The molecule has 3 aromatic rings. The van der Waals surface area contributed by atoms with Crippen LogP contribution in [0.1, 0.15) is 36.6 Å². The quantitative estimate of drug-likeness (QED) is 0.770. The van der Waals surface area contributed by atoms with Crippen molar-refractivity contribution in [3.63, 3.8) is 0 Å². The van der Waals surface area contributed by atoms with Gasteiger partial charge in [-0.25, -0.2) is 0 Å². The lowest BCUT2D eigenvalue weighted by molar-refractivity contribution is -0.136. The number of para-hydroxylation sites is 1. The van der Waals surface area contributed by atoms with E-state index in [-0.39, 0.29) is 11.8 Å². The highest BCUT2D eigenvalue weighted by Crippen LogP contribution is 2.49. The molecular formula is C20H17N3O3. The summed E-state index contributed by atoms with van der Waals surface area (Å²) in [5.41, 5.74) is 1.12. The normalized spacial score (nSPS) is 26.6. The number of nitrogens with zero attached hydrogens (tertiary/aromatic N) is 2.